The number of aryl methyl sites for hydroxylation is 2. The lowest BCUT2D eigenvalue weighted by Gasteiger charge is -2.36. The van der Waals surface area contributed by atoms with E-state index in [-0.39, 0.29) is 0 Å². The number of hydrogen-bond acceptors (Lipinski definition) is 5. The van der Waals surface area contributed by atoms with Crippen LogP contribution in [0.4, 0.5) is 0 Å². The number of nitrogens with zero attached hydrogens (tertiary/aromatic N) is 3. The van der Waals surface area contributed by atoms with E-state index >= 15 is 0 Å². The zero-order valence-electron chi connectivity index (χ0n) is 14.5. The van der Waals surface area contributed by atoms with Gasteiger partial charge in [0.15, 0.2) is 0 Å². The van der Waals surface area contributed by atoms with Crippen LogP contribution in [0.5, 0.6) is 0 Å². The second-order valence-electron chi connectivity index (χ2n) is 6.50. The maximum atomic E-state index is 13.0. The van der Waals surface area contributed by atoms with E-state index in [1.165, 1.54) is 11.3 Å². The van der Waals surface area contributed by atoms with Crippen molar-refractivity contribution in [2.45, 2.75) is 38.6 Å². The maximum absolute atomic E-state index is 13.0. The molecule has 24 heavy (non-hydrogen) atoms. The van der Waals surface area contributed by atoms with E-state index in [0.717, 1.165) is 34.2 Å². The van der Waals surface area contributed by atoms with Gasteiger partial charge in [-0.3, -0.25) is 10.00 Å². The average Bonchev–Trinajstić information content (AvgIpc) is 3.13. The lowest BCUT2D eigenvalue weighted by Crippen LogP contribution is -2.50. The molecule has 1 aliphatic rings. The lowest BCUT2D eigenvalue weighted by atomic mass is 10.3. The van der Waals surface area contributed by atoms with Crippen LogP contribution in [0.3, 0.4) is 0 Å². The van der Waals surface area contributed by atoms with E-state index < -0.39 is 10.0 Å². The summed E-state index contributed by atoms with van der Waals surface area (Å²) in [4.78, 5) is 4.43. The minimum Gasteiger partial charge on any atom is -0.298 e. The monoisotopic (exact) mass is 368 g/mol. The van der Waals surface area contributed by atoms with Gasteiger partial charge in [0.1, 0.15) is 5.69 Å². The summed E-state index contributed by atoms with van der Waals surface area (Å²) in [5, 5.41) is 7.14. The van der Waals surface area contributed by atoms with Crippen LogP contribution in [0.1, 0.15) is 24.4 Å². The van der Waals surface area contributed by atoms with E-state index in [1.807, 2.05) is 19.9 Å². The fourth-order valence-electron chi connectivity index (χ4n) is 2.99. The van der Waals surface area contributed by atoms with Crippen LogP contribution in [0.25, 0.3) is 10.6 Å². The molecule has 0 saturated carbocycles. The molecule has 0 atom stereocenters. The molecule has 1 saturated heterocycles. The fourth-order valence-corrected chi connectivity index (χ4v) is 5.93. The van der Waals surface area contributed by atoms with Gasteiger partial charge in [-0.25, -0.2) is 8.42 Å². The maximum Gasteiger partial charge on any atom is 0.244 e. The largest absolute Gasteiger partial charge is 0.298 e. The quantitative estimate of drug-likeness (QED) is 0.900. The fraction of sp³-hybridized carbons (Fsp3) is 0.562. The number of thiophene rings is 1. The SMILES string of the molecule is Cc1cc(-c2cc(S(=O)(=O)N3CCN(C(C)C)CC3)c(C)s2)n[nH]1. The van der Waals surface area contributed by atoms with Crippen LogP contribution < -0.4 is 0 Å². The Balaban J connectivity index is 1.84. The molecule has 132 valence electrons. The van der Waals surface area contributed by atoms with E-state index in [0.29, 0.717) is 24.0 Å². The van der Waals surface area contributed by atoms with Crippen molar-refractivity contribution in [3.8, 4) is 10.6 Å². The Labute approximate surface area is 147 Å². The van der Waals surface area contributed by atoms with Gasteiger partial charge in [0, 0.05) is 42.8 Å². The van der Waals surface area contributed by atoms with Gasteiger partial charge < -0.3 is 0 Å². The highest BCUT2D eigenvalue weighted by Gasteiger charge is 2.31. The highest BCUT2D eigenvalue weighted by molar-refractivity contribution is 7.89. The molecule has 3 heterocycles. The van der Waals surface area contributed by atoms with Crippen LogP contribution in [-0.4, -0.2) is 60.0 Å². The first-order chi connectivity index (χ1) is 11.3. The predicted molar refractivity (Wildman–Crippen MR) is 96.8 cm³/mol. The summed E-state index contributed by atoms with van der Waals surface area (Å²) in [5.41, 5.74) is 1.76. The van der Waals surface area contributed by atoms with Gasteiger partial charge in [-0.2, -0.15) is 9.40 Å². The Bertz CT molecular complexity index is 815. The first-order valence-corrected chi connectivity index (χ1v) is 10.4. The van der Waals surface area contributed by atoms with Gasteiger partial charge >= 0.3 is 0 Å². The third-order valence-corrected chi connectivity index (χ3v) is 7.68. The van der Waals surface area contributed by atoms with Crippen molar-refractivity contribution < 1.29 is 8.42 Å². The smallest absolute Gasteiger partial charge is 0.244 e. The van der Waals surface area contributed by atoms with Crippen LogP contribution in [-0.2, 0) is 10.0 Å². The van der Waals surface area contributed by atoms with Crippen molar-refractivity contribution in [3.05, 3.63) is 22.7 Å². The molecule has 3 rings (SSSR count). The first kappa shape index (κ1) is 17.6. The summed E-state index contributed by atoms with van der Waals surface area (Å²) in [7, 11) is -3.44. The van der Waals surface area contributed by atoms with Crippen molar-refractivity contribution in [3.63, 3.8) is 0 Å². The molecular formula is C16H24N4O2S2. The van der Waals surface area contributed by atoms with Crippen molar-refractivity contribution in [1.82, 2.24) is 19.4 Å². The first-order valence-electron chi connectivity index (χ1n) is 8.16. The molecule has 0 radical (unpaired) electrons. The molecule has 1 fully saturated rings. The molecule has 8 heteroatoms. The molecule has 2 aromatic heterocycles. The number of aromatic amines is 1. The minimum atomic E-state index is -3.44. The number of nitrogens with one attached hydrogen (secondary N) is 1. The highest BCUT2D eigenvalue weighted by Crippen LogP contribution is 2.34. The molecule has 0 aliphatic carbocycles. The second kappa shape index (κ2) is 6.59. The predicted octanol–water partition coefficient (Wildman–Crippen LogP) is 2.47. The summed E-state index contributed by atoms with van der Waals surface area (Å²) >= 11 is 1.48. The van der Waals surface area contributed by atoms with Crippen LogP contribution in [0.15, 0.2) is 17.0 Å². The van der Waals surface area contributed by atoms with Gasteiger partial charge in [-0.1, -0.05) is 0 Å². The van der Waals surface area contributed by atoms with Crippen molar-refractivity contribution >= 4 is 21.4 Å². The van der Waals surface area contributed by atoms with E-state index in [2.05, 4.69) is 28.9 Å². The summed E-state index contributed by atoms with van der Waals surface area (Å²) < 4.78 is 27.7. The van der Waals surface area contributed by atoms with Crippen LogP contribution in [0.2, 0.25) is 0 Å². The molecule has 6 nitrogen and oxygen atoms in total. The second-order valence-corrected chi connectivity index (χ2v) is 9.66. The number of rotatable bonds is 4. The Morgan fingerprint density at radius 2 is 1.83 bits per heavy atom. The number of hydrogen-bond donors (Lipinski definition) is 1. The summed E-state index contributed by atoms with van der Waals surface area (Å²) in [6.07, 6.45) is 0. The number of H-pyrrole nitrogens is 1. The number of sulfonamides is 1. The molecular weight excluding hydrogens is 344 g/mol. The molecule has 1 N–H and O–H groups in total. The minimum absolute atomic E-state index is 0.418. The summed E-state index contributed by atoms with van der Waals surface area (Å²) in [6.45, 7) is 10.8. The topological polar surface area (TPSA) is 69.3 Å². The molecule has 2 aromatic rings. The van der Waals surface area contributed by atoms with E-state index in [1.54, 1.807) is 10.4 Å². The molecule has 0 aromatic carbocycles. The molecule has 0 amide bonds. The van der Waals surface area contributed by atoms with Crippen molar-refractivity contribution in [2.75, 3.05) is 26.2 Å². The van der Waals surface area contributed by atoms with Gasteiger partial charge in [-0.15, -0.1) is 11.3 Å². The molecule has 0 spiro atoms. The molecule has 1 aliphatic heterocycles. The number of piperazine rings is 1. The van der Waals surface area contributed by atoms with Crippen LogP contribution in [0, 0.1) is 13.8 Å². The Morgan fingerprint density at radius 3 is 2.38 bits per heavy atom. The van der Waals surface area contributed by atoms with E-state index in [4.69, 9.17) is 0 Å². The van der Waals surface area contributed by atoms with Gasteiger partial charge in [0.2, 0.25) is 10.0 Å². The Kier molecular flexibility index (Phi) is 4.83. The Hall–Kier alpha value is -1.22. The highest BCUT2D eigenvalue weighted by atomic mass is 32.2. The van der Waals surface area contributed by atoms with Gasteiger partial charge in [0.05, 0.1) is 9.77 Å². The normalized spacial score (nSPS) is 17.7. The third-order valence-electron chi connectivity index (χ3n) is 4.45. The molecule has 0 bridgehead atoms. The zero-order chi connectivity index (χ0) is 17.5. The van der Waals surface area contributed by atoms with Gasteiger partial charge in [0.25, 0.3) is 0 Å². The molecule has 0 unspecified atom stereocenters. The van der Waals surface area contributed by atoms with Crippen molar-refractivity contribution in [1.29, 1.82) is 0 Å². The standard InChI is InChI=1S/C16H24N4O2S2/c1-11(2)19-5-7-20(8-6-19)24(21,22)16-10-15(23-13(16)4)14-9-12(3)17-18-14/h9-11H,5-8H2,1-4H3,(H,17,18). The average molecular weight is 369 g/mol. The third kappa shape index (κ3) is 3.28. The van der Waals surface area contributed by atoms with E-state index in [9.17, 15) is 8.42 Å². The van der Waals surface area contributed by atoms with Crippen LogP contribution >= 0.6 is 11.3 Å². The number of aromatic nitrogens is 2. The lowest BCUT2D eigenvalue weighted by molar-refractivity contribution is 0.154. The summed E-state index contributed by atoms with van der Waals surface area (Å²) in [5.74, 6) is 0. The Morgan fingerprint density at radius 1 is 1.17 bits per heavy atom. The summed E-state index contributed by atoms with van der Waals surface area (Å²) in [6, 6.07) is 4.15. The van der Waals surface area contributed by atoms with Gasteiger partial charge in [-0.05, 0) is 39.8 Å². The van der Waals surface area contributed by atoms with Crippen molar-refractivity contribution in [2.24, 2.45) is 0 Å². The zero-order valence-corrected chi connectivity index (χ0v) is 16.2.